The van der Waals surface area contributed by atoms with Gasteiger partial charge in [0.1, 0.15) is 17.9 Å². The van der Waals surface area contributed by atoms with Crippen LogP contribution in [0.3, 0.4) is 0 Å². The van der Waals surface area contributed by atoms with Crippen LogP contribution >= 0.6 is 0 Å². The fourth-order valence-electron chi connectivity index (χ4n) is 3.42. The molecule has 1 aliphatic heterocycles. The smallest absolute Gasteiger partial charge is 0.323 e. The second kappa shape index (κ2) is 6.98. The summed E-state index contributed by atoms with van der Waals surface area (Å²) in [6.45, 7) is 0. The van der Waals surface area contributed by atoms with Crippen molar-refractivity contribution in [3.8, 4) is 0 Å². The average Bonchev–Trinajstić information content (AvgIpc) is 3.03. The van der Waals surface area contributed by atoms with Crippen molar-refractivity contribution >= 4 is 5.97 Å². The molecule has 130 valence electrons. The molecule has 6 nitrogen and oxygen atoms in total. The lowest BCUT2D eigenvalue weighted by Crippen LogP contribution is -2.37. The Kier molecular flexibility index (Phi) is 4.76. The normalized spacial score (nSPS) is 25.5. The predicted octanol–water partition coefficient (Wildman–Crippen LogP) is 2.44. The van der Waals surface area contributed by atoms with E-state index in [0.29, 0.717) is 11.1 Å². The molecule has 0 saturated carbocycles. The Morgan fingerprint density at radius 2 is 1.76 bits per heavy atom. The van der Waals surface area contributed by atoms with Gasteiger partial charge in [-0.1, -0.05) is 42.5 Å². The molecule has 1 N–H and O–H groups in total. The van der Waals surface area contributed by atoms with Gasteiger partial charge in [-0.05, 0) is 23.3 Å². The molecule has 0 aliphatic carbocycles. The maximum absolute atomic E-state index is 13.3. The molecule has 2 aromatic rings. The zero-order valence-corrected chi connectivity index (χ0v) is 13.5. The van der Waals surface area contributed by atoms with E-state index in [1.807, 2.05) is 6.07 Å². The molecule has 1 saturated heterocycles. The minimum absolute atomic E-state index is 0.387. The molecule has 2 aromatic carbocycles. The van der Waals surface area contributed by atoms with E-state index in [1.54, 1.807) is 24.3 Å². The molecule has 25 heavy (non-hydrogen) atoms. The zero-order chi connectivity index (χ0) is 18.0. The quantitative estimate of drug-likeness (QED) is 0.523. The molecule has 3 rings (SSSR count). The molecule has 0 radical (unpaired) electrons. The molecule has 0 amide bonds. The number of nitrogens with one attached hydrogen (secondary N) is 1. The topological polar surface area (TPSA) is 81.5 Å². The highest BCUT2D eigenvalue weighted by Gasteiger charge is 2.54. The largest absolute Gasteiger partial charge is 0.468 e. The number of halogens is 1. The van der Waals surface area contributed by atoms with Crippen LogP contribution in [0.4, 0.5) is 4.39 Å². The van der Waals surface area contributed by atoms with Crippen molar-refractivity contribution in [2.24, 2.45) is 0 Å². The van der Waals surface area contributed by atoms with Crippen LogP contribution in [0, 0.1) is 15.9 Å². The van der Waals surface area contributed by atoms with Crippen LogP contribution in [0.1, 0.15) is 23.1 Å². The van der Waals surface area contributed by atoms with Crippen LogP contribution < -0.4 is 5.32 Å². The highest BCUT2D eigenvalue weighted by molar-refractivity contribution is 5.78. The van der Waals surface area contributed by atoms with Gasteiger partial charge < -0.3 is 4.74 Å². The predicted molar refractivity (Wildman–Crippen MR) is 88.0 cm³/mol. The van der Waals surface area contributed by atoms with Gasteiger partial charge in [-0.3, -0.25) is 20.2 Å². The fraction of sp³-hybridized carbons (Fsp3) is 0.278. The summed E-state index contributed by atoms with van der Waals surface area (Å²) in [5.74, 6) is -1.80. The van der Waals surface area contributed by atoms with Crippen LogP contribution in [-0.2, 0) is 9.53 Å². The number of methoxy groups -OCH3 is 1. The van der Waals surface area contributed by atoms with Crippen molar-refractivity contribution in [2.75, 3.05) is 7.11 Å². The van der Waals surface area contributed by atoms with Crippen molar-refractivity contribution in [3.05, 3.63) is 81.7 Å². The van der Waals surface area contributed by atoms with Crippen LogP contribution in [0.2, 0.25) is 0 Å². The van der Waals surface area contributed by atoms with Crippen molar-refractivity contribution in [1.29, 1.82) is 0 Å². The Labute approximate surface area is 143 Å². The van der Waals surface area contributed by atoms with Crippen LogP contribution in [0.5, 0.6) is 0 Å². The monoisotopic (exact) mass is 344 g/mol. The molecule has 0 unspecified atom stereocenters. The van der Waals surface area contributed by atoms with Gasteiger partial charge in [-0.2, -0.15) is 0 Å². The first-order chi connectivity index (χ1) is 12.0. The van der Waals surface area contributed by atoms with E-state index in [-0.39, 0.29) is 4.92 Å². The number of rotatable bonds is 4. The number of esters is 1. The maximum Gasteiger partial charge on any atom is 0.323 e. The molecule has 0 bridgehead atoms. The Balaban J connectivity index is 2.08. The van der Waals surface area contributed by atoms with Gasteiger partial charge in [0.15, 0.2) is 0 Å². The second-order valence-corrected chi connectivity index (χ2v) is 5.91. The Morgan fingerprint density at radius 3 is 2.32 bits per heavy atom. The second-order valence-electron chi connectivity index (χ2n) is 5.91. The van der Waals surface area contributed by atoms with Gasteiger partial charge in [0, 0.05) is 4.92 Å². The Hall–Kier alpha value is -2.80. The molecule has 1 fully saturated rings. The standard InChI is InChI=1S/C18H17FN2O4/c1-25-18(22)16-14(11-7-9-13(19)10-8-11)17(21(23)24)15(20-16)12-5-3-2-4-6-12/h2-10,14-17,20H,1H3/t14-,15-,16-,17+/m1/s1. The number of benzene rings is 2. The van der Waals surface area contributed by atoms with E-state index in [1.165, 1.54) is 31.4 Å². The molecule has 0 aromatic heterocycles. The van der Waals surface area contributed by atoms with E-state index in [0.717, 1.165) is 0 Å². The molecule has 0 spiro atoms. The number of carbonyl (C=O) groups excluding carboxylic acids is 1. The lowest BCUT2D eigenvalue weighted by Gasteiger charge is -2.19. The first-order valence-corrected chi connectivity index (χ1v) is 7.80. The van der Waals surface area contributed by atoms with Crippen molar-refractivity contribution in [1.82, 2.24) is 5.32 Å². The zero-order valence-electron chi connectivity index (χ0n) is 13.5. The Morgan fingerprint density at radius 1 is 1.12 bits per heavy atom. The summed E-state index contributed by atoms with van der Waals surface area (Å²) in [5.41, 5.74) is 1.23. The number of ether oxygens (including phenoxy) is 1. The maximum atomic E-state index is 13.3. The SMILES string of the molecule is COC(=O)[C@@H]1N[C@H](c2ccccc2)[C@@H]([N+](=O)[O-])[C@@H]1c1ccc(F)cc1. The van der Waals surface area contributed by atoms with Gasteiger partial charge in [-0.25, -0.2) is 4.39 Å². The summed E-state index contributed by atoms with van der Waals surface area (Å²) in [7, 11) is 1.24. The van der Waals surface area contributed by atoms with E-state index < -0.39 is 35.8 Å². The number of carbonyl (C=O) groups is 1. The lowest BCUT2D eigenvalue weighted by atomic mass is 9.85. The van der Waals surface area contributed by atoms with E-state index in [4.69, 9.17) is 4.74 Å². The summed E-state index contributed by atoms with van der Waals surface area (Å²) in [5, 5.41) is 14.9. The van der Waals surface area contributed by atoms with Crippen LogP contribution in [0.15, 0.2) is 54.6 Å². The fourth-order valence-corrected chi connectivity index (χ4v) is 3.42. The van der Waals surface area contributed by atoms with Crippen molar-refractivity contribution in [2.45, 2.75) is 24.0 Å². The van der Waals surface area contributed by atoms with Gasteiger partial charge in [0.2, 0.25) is 6.04 Å². The average molecular weight is 344 g/mol. The third-order valence-electron chi connectivity index (χ3n) is 4.54. The summed E-state index contributed by atoms with van der Waals surface area (Å²) >= 11 is 0. The highest BCUT2D eigenvalue weighted by atomic mass is 19.1. The van der Waals surface area contributed by atoms with Crippen molar-refractivity contribution < 1.29 is 18.8 Å². The van der Waals surface area contributed by atoms with E-state index >= 15 is 0 Å². The molecule has 1 aliphatic rings. The molecular weight excluding hydrogens is 327 g/mol. The van der Waals surface area contributed by atoms with Gasteiger partial charge in [0.25, 0.3) is 0 Å². The molecule has 1 heterocycles. The van der Waals surface area contributed by atoms with Gasteiger partial charge >= 0.3 is 5.97 Å². The molecule has 4 atom stereocenters. The summed E-state index contributed by atoms with van der Waals surface area (Å²) in [6.07, 6.45) is 0. The number of hydrogen-bond donors (Lipinski definition) is 1. The van der Waals surface area contributed by atoms with Gasteiger partial charge in [0.05, 0.1) is 13.0 Å². The summed E-state index contributed by atoms with van der Waals surface area (Å²) in [4.78, 5) is 23.7. The number of hydrogen-bond acceptors (Lipinski definition) is 5. The first-order valence-electron chi connectivity index (χ1n) is 7.80. The minimum Gasteiger partial charge on any atom is -0.468 e. The third kappa shape index (κ3) is 3.23. The number of nitrogens with zero attached hydrogens (tertiary/aromatic N) is 1. The summed E-state index contributed by atoms with van der Waals surface area (Å²) in [6, 6.07) is 11.7. The van der Waals surface area contributed by atoms with Gasteiger partial charge in [-0.15, -0.1) is 0 Å². The van der Waals surface area contributed by atoms with Crippen molar-refractivity contribution in [3.63, 3.8) is 0 Å². The number of nitro groups is 1. The van der Waals surface area contributed by atoms with E-state index in [2.05, 4.69) is 5.32 Å². The molecular formula is C18H17FN2O4. The minimum atomic E-state index is -1.09. The van der Waals surface area contributed by atoms with E-state index in [9.17, 15) is 19.3 Å². The molecule has 7 heteroatoms. The van der Waals surface area contributed by atoms with Crippen LogP contribution in [0.25, 0.3) is 0 Å². The van der Waals surface area contributed by atoms with Crippen LogP contribution in [-0.4, -0.2) is 30.1 Å². The highest BCUT2D eigenvalue weighted by Crippen LogP contribution is 2.40. The first kappa shape index (κ1) is 17.0. The summed E-state index contributed by atoms with van der Waals surface area (Å²) < 4.78 is 18.1. The lowest BCUT2D eigenvalue weighted by molar-refractivity contribution is -0.527. The third-order valence-corrected chi connectivity index (χ3v) is 4.54. The Bertz CT molecular complexity index is 766.